The van der Waals surface area contributed by atoms with Gasteiger partial charge in [-0.1, -0.05) is 12.1 Å². The second-order valence-corrected chi connectivity index (χ2v) is 4.73. The van der Waals surface area contributed by atoms with Crippen molar-refractivity contribution in [2.75, 3.05) is 6.54 Å². The zero-order valence-electron chi connectivity index (χ0n) is 12.2. The fraction of sp³-hybridized carbons (Fsp3) is 0.400. The van der Waals surface area contributed by atoms with Crippen LogP contribution >= 0.6 is 0 Å². The second-order valence-electron chi connectivity index (χ2n) is 4.73. The molecule has 0 saturated carbocycles. The molecular weight excluding hydrogens is 292 g/mol. The van der Waals surface area contributed by atoms with Gasteiger partial charge in [0.1, 0.15) is 5.75 Å². The summed E-state index contributed by atoms with van der Waals surface area (Å²) in [5.41, 5.74) is 1.67. The number of nitrogens with zero attached hydrogens (tertiary/aromatic N) is 2. The summed E-state index contributed by atoms with van der Waals surface area (Å²) in [6.07, 6.45) is 1.01. The van der Waals surface area contributed by atoms with Gasteiger partial charge < -0.3 is 15.2 Å². The van der Waals surface area contributed by atoms with Gasteiger partial charge in [-0.15, -0.1) is 0 Å². The molecule has 2 N–H and O–H groups in total. The van der Waals surface area contributed by atoms with Gasteiger partial charge in [-0.3, -0.25) is 4.68 Å². The molecule has 0 spiro atoms. The van der Waals surface area contributed by atoms with Gasteiger partial charge in [-0.05, 0) is 30.7 Å². The number of rotatable bonds is 8. The molecular formula is C15H19F2N3O2. The molecule has 2 rings (SSSR count). The Labute approximate surface area is 127 Å². The highest BCUT2D eigenvalue weighted by molar-refractivity contribution is 5.28. The molecule has 1 unspecified atom stereocenters. The topological polar surface area (TPSA) is 59.3 Å². The fourth-order valence-electron chi connectivity index (χ4n) is 2.12. The van der Waals surface area contributed by atoms with E-state index >= 15 is 0 Å². The smallest absolute Gasteiger partial charge is 0.387 e. The maximum atomic E-state index is 12.1. The number of halogens is 2. The van der Waals surface area contributed by atoms with Crippen LogP contribution in [0.3, 0.4) is 0 Å². The molecule has 0 radical (unpaired) electrons. The number of ether oxygens (including phenoxy) is 1. The molecule has 5 nitrogen and oxygen atoms in total. The Morgan fingerprint density at radius 1 is 1.27 bits per heavy atom. The third kappa shape index (κ3) is 4.51. The highest BCUT2D eigenvalue weighted by atomic mass is 19.3. The minimum Gasteiger partial charge on any atom is -0.435 e. The van der Waals surface area contributed by atoms with Crippen molar-refractivity contribution in [3.8, 4) is 5.75 Å². The van der Waals surface area contributed by atoms with E-state index in [0.29, 0.717) is 18.7 Å². The Bertz CT molecular complexity index is 572. The van der Waals surface area contributed by atoms with E-state index in [1.54, 1.807) is 18.3 Å². The number of benzene rings is 1. The van der Waals surface area contributed by atoms with Crippen molar-refractivity contribution in [1.82, 2.24) is 15.1 Å². The average molecular weight is 311 g/mol. The molecule has 22 heavy (non-hydrogen) atoms. The van der Waals surface area contributed by atoms with Crippen molar-refractivity contribution in [2.45, 2.75) is 32.7 Å². The molecule has 0 aliphatic heterocycles. The summed E-state index contributed by atoms with van der Waals surface area (Å²) in [5.74, 6) is 0.0748. The Morgan fingerprint density at radius 3 is 2.64 bits per heavy atom. The molecule has 0 aliphatic rings. The summed E-state index contributed by atoms with van der Waals surface area (Å²) in [4.78, 5) is 0. The number of nitrogens with one attached hydrogen (secondary N) is 1. The van der Waals surface area contributed by atoms with E-state index < -0.39 is 12.7 Å². The fourth-order valence-corrected chi connectivity index (χ4v) is 2.12. The van der Waals surface area contributed by atoms with E-state index in [2.05, 4.69) is 15.2 Å². The number of aliphatic hydroxyl groups is 1. The monoisotopic (exact) mass is 311 g/mol. The van der Waals surface area contributed by atoms with Gasteiger partial charge >= 0.3 is 6.61 Å². The minimum atomic E-state index is -2.85. The lowest BCUT2D eigenvalue weighted by atomic mass is 10.1. The van der Waals surface area contributed by atoms with E-state index in [9.17, 15) is 13.9 Å². The predicted octanol–water partition coefficient (Wildman–Crippen LogP) is 2.33. The Morgan fingerprint density at radius 2 is 2.00 bits per heavy atom. The highest BCUT2D eigenvalue weighted by Crippen LogP contribution is 2.19. The lowest BCUT2D eigenvalue weighted by Gasteiger charge is -2.13. The van der Waals surface area contributed by atoms with Crippen LogP contribution in [0, 0.1) is 0 Å². The number of aliphatic hydroxyl groups excluding tert-OH is 1. The molecule has 1 aromatic carbocycles. The van der Waals surface area contributed by atoms with Gasteiger partial charge in [0, 0.05) is 25.8 Å². The predicted molar refractivity (Wildman–Crippen MR) is 77.6 cm³/mol. The lowest BCUT2D eigenvalue weighted by Crippen LogP contribution is -2.22. The summed E-state index contributed by atoms with van der Waals surface area (Å²) >= 11 is 0. The summed E-state index contributed by atoms with van der Waals surface area (Å²) in [7, 11) is 0. The second kappa shape index (κ2) is 7.86. The minimum absolute atomic E-state index is 0.0748. The van der Waals surface area contributed by atoms with Crippen molar-refractivity contribution >= 4 is 0 Å². The molecule has 0 fully saturated rings. The highest BCUT2D eigenvalue weighted by Gasteiger charge is 2.09. The number of alkyl halides is 2. The number of aryl methyl sites for hydroxylation is 1. The van der Waals surface area contributed by atoms with Gasteiger partial charge in [0.25, 0.3) is 0 Å². The number of hydrogen-bond donors (Lipinski definition) is 2. The first-order valence-corrected chi connectivity index (χ1v) is 7.04. The van der Waals surface area contributed by atoms with Crippen molar-refractivity contribution in [3.05, 3.63) is 47.8 Å². The summed E-state index contributed by atoms with van der Waals surface area (Å²) in [6.45, 7) is 0.898. The molecule has 120 valence electrons. The maximum Gasteiger partial charge on any atom is 0.387 e. The van der Waals surface area contributed by atoms with E-state index in [1.165, 1.54) is 12.1 Å². The van der Waals surface area contributed by atoms with E-state index in [0.717, 1.165) is 12.2 Å². The number of hydrogen-bond acceptors (Lipinski definition) is 4. The molecule has 1 heterocycles. The van der Waals surface area contributed by atoms with Gasteiger partial charge in [-0.25, -0.2) is 0 Å². The maximum absolute atomic E-state index is 12.1. The molecule has 2 aromatic rings. The Balaban J connectivity index is 1.83. The molecule has 1 atom stereocenters. The van der Waals surface area contributed by atoms with Crippen molar-refractivity contribution in [1.29, 1.82) is 0 Å². The van der Waals surface area contributed by atoms with Crippen LogP contribution in [0.15, 0.2) is 36.5 Å². The summed E-state index contributed by atoms with van der Waals surface area (Å²) < 4.78 is 30.2. The van der Waals surface area contributed by atoms with Crippen LogP contribution in [0.4, 0.5) is 8.78 Å². The quantitative estimate of drug-likeness (QED) is 0.785. The van der Waals surface area contributed by atoms with Crippen LogP contribution < -0.4 is 10.1 Å². The molecule has 0 saturated heterocycles. The first-order valence-electron chi connectivity index (χ1n) is 7.04. The molecule has 1 aromatic heterocycles. The standard InChI is InChI=1S/C15H19F2N3O2/c1-2-20-12(7-8-19-20)9-18-10-14(21)11-3-5-13(6-4-11)22-15(16)17/h3-8,14-15,18,21H,2,9-10H2,1H3. The van der Waals surface area contributed by atoms with Crippen LogP contribution in [0.2, 0.25) is 0 Å². The Kier molecular flexibility index (Phi) is 5.85. The molecule has 0 bridgehead atoms. The van der Waals surface area contributed by atoms with Crippen molar-refractivity contribution in [3.63, 3.8) is 0 Å². The number of aromatic nitrogens is 2. The SMILES string of the molecule is CCn1nccc1CNCC(O)c1ccc(OC(F)F)cc1. The van der Waals surface area contributed by atoms with E-state index in [4.69, 9.17) is 0 Å². The summed E-state index contributed by atoms with van der Waals surface area (Å²) in [5, 5.41) is 17.4. The van der Waals surface area contributed by atoms with Gasteiger partial charge in [0.15, 0.2) is 0 Å². The van der Waals surface area contributed by atoms with Gasteiger partial charge in [0.05, 0.1) is 11.8 Å². The average Bonchev–Trinajstić information content (AvgIpc) is 2.94. The van der Waals surface area contributed by atoms with E-state index in [1.807, 2.05) is 17.7 Å². The van der Waals surface area contributed by atoms with Crippen LogP contribution in [-0.2, 0) is 13.1 Å². The zero-order valence-corrected chi connectivity index (χ0v) is 12.2. The Hall–Kier alpha value is -1.99. The van der Waals surface area contributed by atoms with Crippen LogP contribution in [0.5, 0.6) is 5.75 Å². The molecule has 0 aliphatic carbocycles. The normalized spacial score (nSPS) is 12.6. The molecule has 7 heteroatoms. The van der Waals surface area contributed by atoms with Crippen molar-refractivity contribution in [2.24, 2.45) is 0 Å². The van der Waals surface area contributed by atoms with Crippen LogP contribution in [-0.4, -0.2) is 28.0 Å². The van der Waals surface area contributed by atoms with Crippen LogP contribution in [0.1, 0.15) is 24.3 Å². The van der Waals surface area contributed by atoms with E-state index in [-0.39, 0.29) is 5.75 Å². The van der Waals surface area contributed by atoms with Crippen molar-refractivity contribution < 1.29 is 18.6 Å². The largest absolute Gasteiger partial charge is 0.435 e. The molecule has 0 amide bonds. The van der Waals surface area contributed by atoms with Gasteiger partial charge in [-0.2, -0.15) is 13.9 Å². The van der Waals surface area contributed by atoms with Gasteiger partial charge in [0.2, 0.25) is 0 Å². The lowest BCUT2D eigenvalue weighted by molar-refractivity contribution is -0.0498. The summed E-state index contributed by atoms with van der Waals surface area (Å²) in [6, 6.07) is 7.88. The van der Waals surface area contributed by atoms with Crippen LogP contribution in [0.25, 0.3) is 0 Å². The third-order valence-corrected chi connectivity index (χ3v) is 3.24. The first kappa shape index (κ1) is 16.4. The zero-order chi connectivity index (χ0) is 15.9. The third-order valence-electron chi connectivity index (χ3n) is 3.24. The first-order chi connectivity index (χ1) is 10.6.